The number of pyridine rings is 1. The first-order valence-corrected chi connectivity index (χ1v) is 4.10. The molecule has 0 aliphatic carbocycles. The van der Waals surface area contributed by atoms with Gasteiger partial charge in [0.05, 0.1) is 0 Å². The molecule has 1 heterocycles. The normalized spacial score (nSPS) is 13.6. The van der Waals surface area contributed by atoms with E-state index < -0.39 is 24.5 Å². The number of nitrogens with zero attached hydrogens (tertiary/aromatic N) is 1. The van der Waals surface area contributed by atoms with Crippen LogP contribution in [0.25, 0.3) is 0 Å². The van der Waals surface area contributed by atoms with Gasteiger partial charge in [0.1, 0.15) is 5.69 Å². The van der Waals surface area contributed by atoms with E-state index in [1.807, 2.05) is 0 Å². The fourth-order valence-electron chi connectivity index (χ4n) is 0.924. The first-order chi connectivity index (χ1) is 6.91. The molecule has 1 rings (SSSR count). The number of ketones is 1. The summed E-state index contributed by atoms with van der Waals surface area (Å²) in [7, 11) is 0. The summed E-state index contributed by atoms with van der Waals surface area (Å²) in [6.45, 7) is 0. The third kappa shape index (κ3) is 3.32. The molecule has 0 aromatic carbocycles. The summed E-state index contributed by atoms with van der Waals surface area (Å²) in [6.07, 6.45) is -7.11. The zero-order chi connectivity index (χ0) is 11.5. The Morgan fingerprint density at radius 3 is 2.60 bits per heavy atom. The first kappa shape index (κ1) is 11.6. The van der Waals surface area contributed by atoms with E-state index in [1.165, 1.54) is 24.4 Å². The minimum Gasteiger partial charge on any atom is -0.383 e. The second-order valence-corrected chi connectivity index (χ2v) is 2.90. The standard InChI is InChI=1S/C9H8F3NO2/c10-9(11,12)8(15)5-7(14)6-3-1-2-4-13-6/h1-4,8,15H,5H2/t8-/m1/s1. The highest BCUT2D eigenvalue weighted by molar-refractivity contribution is 5.94. The van der Waals surface area contributed by atoms with Crippen LogP contribution in [0.2, 0.25) is 0 Å². The Bertz CT molecular complexity index is 337. The number of aliphatic hydroxyl groups is 1. The number of alkyl halides is 3. The lowest BCUT2D eigenvalue weighted by atomic mass is 10.1. The zero-order valence-corrected chi connectivity index (χ0v) is 7.53. The Hall–Kier alpha value is -1.43. The molecule has 6 heteroatoms. The number of rotatable bonds is 3. The summed E-state index contributed by atoms with van der Waals surface area (Å²) in [5.74, 6) is -0.833. The highest BCUT2D eigenvalue weighted by Gasteiger charge is 2.39. The largest absolute Gasteiger partial charge is 0.414 e. The molecular formula is C9H8F3NO2. The van der Waals surface area contributed by atoms with Crippen LogP contribution in [0.4, 0.5) is 13.2 Å². The van der Waals surface area contributed by atoms with Crippen molar-refractivity contribution in [3.63, 3.8) is 0 Å². The van der Waals surface area contributed by atoms with Gasteiger partial charge in [0, 0.05) is 12.6 Å². The minimum atomic E-state index is -4.77. The van der Waals surface area contributed by atoms with E-state index in [1.54, 1.807) is 0 Å². The van der Waals surface area contributed by atoms with Crippen molar-refractivity contribution in [3.8, 4) is 0 Å². The Morgan fingerprint density at radius 2 is 2.13 bits per heavy atom. The van der Waals surface area contributed by atoms with Crippen molar-refractivity contribution in [2.45, 2.75) is 18.7 Å². The lowest BCUT2D eigenvalue weighted by Crippen LogP contribution is -2.31. The lowest BCUT2D eigenvalue weighted by molar-refractivity contribution is -0.202. The molecule has 0 bridgehead atoms. The van der Waals surface area contributed by atoms with Crippen LogP contribution >= 0.6 is 0 Å². The molecule has 0 spiro atoms. The third-order valence-electron chi connectivity index (χ3n) is 1.71. The second kappa shape index (κ2) is 4.39. The minimum absolute atomic E-state index is 0.0826. The van der Waals surface area contributed by atoms with Gasteiger partial charge in [-0.1, -0.05) is 6.07 Å². The molecule has 1 aromatic heterocycles. The van der Waals surface area contributed by atoms with E-state index in [-0.39, 0.29) is 5.69 Å². The molecule has 0 aliphatic rings. The van der Waals surface area contributed by atoms with Crippen LogP contribution in [0.15, 0.2) is 24.4 Å². The predicted molar refractivity (Wildman–Crippen MR) is 45.2 cm³/mol. The van der Waals surface area contributed by atoms with Crippen LogP contribution in [0.3, 0.4) is 0 Å². The monoisotopic (exact) mass is 219 g/mol. The van der Waals surface area contributed by atoms with Gasteiger partial charge in [0.15, 0.2) is 11.9 Å². The molecule has 1 aromatic rings. The van der Waals surface area contributed by atoms with E-state index in [2.05, 4.69) is 4.98 Å². The molecule has 0 fully saturated rings. The van der Waals surface area contributed by atoms with Crippen molar-refractivity contribution in [2.24, 2.45) is 0 Å². The molecule has 0 saturated carbocycles. The molecule has 15 heavy (non-hydrogen) atoms. The fourth-order valence-corrected chi connectivity index (χ4v) is 0.924. The summed E-state index contributed by atoms with van der Waals surface area (Å²) in [5, 5.41) is 8.64. The SMILES string of the molecule is O=C(C[C@@H](O)C(F)(F)F)c1ccccn1. The van der Waals surface area contributed by atoms with Gasteiger partial charge in [-0.3, -0.25) is 9.78 Å². The van der Waals surface area contributed by atoms with Gasteiger partial charge in [0.2, 0.25) is 0 Å². The highest BCUT2D eigenvalue weighted by Crippen LogP contribution is 2.23. The van der Waals surface area contributed by atoms with Crippen LogP contribution in [0, 0.1) is 0 Å². The fraction of sp³-hybridized carbons (Fsp3) is 0.333. The number of aliphatic hydroxyl groups excluding tert-OH is 1. The zero-order valence-electron chi connectivity index (χ0n) is 7.53. The van der Waals surface area contributed by atoms with Gasteiger partial charge in [-0.05, 0) is 12.1 Å². The van der Waals surface area contributed by atoms with Crippen molar-refractivity contribution in [1.82, 2.24) is 4.98 Å². The number of Topliss-reactive ketones (excluding diaryl/α,β-unsaturated/α-hetero) is 1. The average molecular weight is 219 g/mol. The van der Waals surface area contributed by atoms with Gasteiger partial charge < -0.3 is 5.11 Å². The number of halogens is 3. The molecule has 1 N–H and O–H groups in total. The topological polar surface area (TPSA) is 50.2 Å². The summed E-state index contributed by atoms with van der Waals surface area (Å²) in [5.41, 5.74) is -0.0826. The number of carbonyl (C=O) groups is 1. The van der Waals surface area contributed by atoms with Crippen molar-refractivity contribution < 1.29 is 23.1 Å². The van der Waals surface area contributed by atoms with Crippen molar-refractivity contribution >= 4 is 5.78 Å². The second-order valence-electron chi connectivity index (χ2n) is 2.90. The van der Waals surface area contributed by atoms with Gasteiger partial charge >= 0.3 is 6.18 Å². The van der Waals surface area contributed by atoms with Crippen LogP contribution in [-0.2, 0) is 0 Å². The van der Waals surface area contributed by atoms with Crippen molar-refractivity contribution in [3.05, 3.63) is 30.1 Å². The van der Waals surface area contributed by atoms with E-state index in [0.29, 0.717) is 0 Å². The molecule has 0 amide bonds. The van der Waals surface area contributed by atoms with Crippen LogP contribution < -0.4 is 0 Å². The van der Waals surface area contributed by atoms with Gasteiger partial charge in [0.25, 0.3) is 0 Å². The quantitative estimate of drug-likeness (QED) is 0.785. The summed E-state index contributed by atoms with van der Waals surface area (Å²) in [6, 6.07) is 4.32. The molecule has 82 valence electrons. The van der Waals surface area contributed by atoms with Gasteiger partial charge in [-0.25, -0.2) is 0 Å². The van der Waals surface area contributed by atoms with Crippen molar-refractivity contribution in [2.75, 3.05) is 0 Å². The number of aromatic nitrogens is 1. The summed E-state index contributed by atoms with van der Waals surface area (Å²) >= 11 is 0. The Morgan fingerprint density at radius 1 is 1.47 bits per heavy atom. The van der Waals surface area contributed by atoms with E-state index in [0.717, 1.165) is 0 Å². The average Bonchev–Trinajstić information content (AvgIpc) is 2.17. The molecular weight excluding hydrogens is 211 g/mol. The Balaban J connectivity index is 2.65. The van der Waals surface area contributed by atoms with Crippen molar-refractivity contribution in [1.29, 1.82) is 0 Å². The number of carbonyl (C=O) groups excluding carboxylic acids is 1. The maximum atomic E-state index is 11.9. The highest BCUT2D eigenvalue weighted by atomic mass is 19.4. The van der Waals surface area contributed by atoms with Crippen LogP contribution in [0.5, 0.6) is 0 Å². The molecule has 0 unspecified atom stereocenters. The van der Waals surface area contributed by atoms with Crippen LogP contribution in [0.1, 0.15) is 16.9 Å². The smallest absolute Gasteiger partial charge is 0.383 e. The van der Waals surface area contributed by atoms with E-state index >= 15 is 0 Å². The third-order valence-corrected chi connectivity index (χ3v) is 1.71. The first-order valence-electron chi connectivity index (χ1n) is 4.10. The van der Waals surface area contributed by atoms with E-state index in [9.17, 15) is 18.0 Å². The molecule has 1 atom stereocenters. The molecule has 0 radical (unpaired) electrons. The maximum absolute atomic E-state index is 11.9. The van der Waals surface area contributed by atoms with Gasteiger partial charge in [-0.15, -0.1) is 0 Å². The Kier molecular flexibility index (Phi) is 3.41. The maximum Gasteiger partial charge on any atom is 0.414 e. The molecule has 0 aliphatic heterocycles. The summed E-state index contributed by atoms with van der Waals surface area (Å²) < 4.78 is 35.7. The van der Waals surface area contributed by atoms with E-state index in [4.69, 9.17) is 5.11 Å². The molecule has 0 saturated heterocycles. The lowest BCUT2D eigenvalue weighted by Gasteiger charge is -2.12. The Labute approximate surface area is 83.6 Å². The number of hydrogen-bond acceptors (Lipinski definition) is 3. The number of hydrogen-bond donors (Lipinski definition) is 1. The van der Waals surface area contributed by atoms with Crippen LogP contribution in [-0.4, -0.2) is 28.2 Å². The molecule has 3 nitrogen and oxygen atoms in total. The summed E-state index contributed by atoms with van der Waals surface area (Å²) in [4.78, 5) is 14.8. The predicted octanol–water partition coefficient (Wildman–Crippen LogP) is 1.58. The van der Waals surface area contributed by atoms with Gasteiger partial charge in [-0.2, -0.15) is 13.2 Å².